The summed E-state index contributed by atoms with van der Waals surface area (Å²) in [5.41, 5.74) is 2.96. The van der Waals surface area contributed by atoms with Crippen molar-refractivity contribution >= 4 is 23.8 Å². The van der Waals surface area contributed by atoms with Gasteiger partial charge in [-0.25, -0.2) is 9.59 Å². The molecule has 1 N–H and O–H groups in total. The summed E-state index contributed by atoms with van der Waals surface area (Å²) in [4.78, 5) is 25.4. The number of nitrogens with one attached hydrogen (secondary N) is 1. The summed E-state index contributed by atoms with van der Waals surface area (Å²) >= 11 is 0. The van der Waals surface area contributed by atoms with E-state index in [2.05, 4.69) is 11.9 Å². The molecule has 0 aliphatic carbocycles. The van der Waals surface area contributed by atoms with Crippen LogP contribution in [0.1, 0.15) is 39.2 Å². The summed E-state index contributed by atoms with van der Waals surface area (Å²) < 4.78 is 11.2. The number of ether oxygens (including phenoxy) is 2. The second-order valence-corrected chi connectivity index (χ2v) is 6.38. The van der Waals surface area contributed by atoms with E-state index in [0.717, 1.165) is 0 Å². The van der Waals surface area contributed by atoms with Crippen molar-refractivity contribution in [2.24, 2.45) is 0 Å². The number of carbonyl (C=O) groups excluding carboxylic acids is 2. The molecule has 0 atom stereocenters. The first-order valence-corrected chi connectivity index (χ1v) is 9.40. The Morgan fingerprint density at radius 3 is 1.97 bits per heavy atom. The highest BCUT2D eigenvalue weighted by atomic mass is 16.5. The van der Waals surface area contributed by atoms with Crippen LogP contribution in [0.2, 0.25) is 0 Å². The molecule has 0 unspecified atom stereocenters. The smallest absolute Gasteiger partial charge is 0.336 e. The van der Waals surface area contributed by atoms with Crippen LogP contribution >= 0.6 is 0 Å². The molecular formula is C22H26N2O5. The van der Waals surface area contributed by atoms with Gasteiger partial charge in [-0.3, -0.25) is 0 Å². The third-order valence-corrected chi connectivity index (χ3v) is 4.47. The minimum atomic E-state index is -0.674. The minimum absolute atomic E-state index is 0.210. The van der Waals surface area contributed by atoms with Crippen molar-refractivity contribution in [1.29, 1.82) is 0 Å². The molecule has 154 valence electrons. The van der Waals surface area contributed by atoms with Crippen LogP contribution in [-0.2, 0) is 19.1 Å². The van der Waals surface area contributed by atoms with Gasteiger partial charge in [0, 0.05) is 23.5 Å². The average Bonchev–Trinajstić information content (AvgIpc) is 2.68. The number of dihydropyridines is 1. The maximum absolute atomic E-state index is 12.7. The first-order valence-electron chi connectivity index (χ1n) is 9.40. The molecular weight excluding hydrogens is 372 g/mol. The first-order chi connectivity index (χ1) is 13.8. The highest BCUT2D eigenvalue weighted by Gasteiger charge is 2.37. The molecule has 0 amide bonds. The van der Waals surface area contributed by atoms with Gasteiger partial charge in [-0.15, -0.1) is 0 Å². The molecule has 0 fully saturated rings. The monoisotopic (exact) mass is 398 g/mol. The van der Waals surface area contributed by atoms with Crippen molar-refractivity contribution in [3.63, 3.8) is 0 Å². The van der Waals surface area contributed by atoms with Crippen molar-refractivity contribution < 1.29 is 23.8 Å². The summed E-state index contributed by atoms with van der Waals surface area (Å²) in [7, 11) is 0. The number of hydrogen-bond donors (Lipinski definition) is 1. The molecule has 0 radical (unpaired) electrons. The van der Waals surface area contributed by atoms with Crippen LogP contribution in [0.5, 0.6) is 0 Å². The SMILES string of the molecule is C=C/C=[N+](\[O-])c1ccc(C2C(C(=O)OCC)=C(C)NC(C)=C2C(=O)OCC)cc1. The van der Waals surface area contributed by atoms with E-state index in [9.17, 15) is 14.8 Å². The Kier molecular flexibility index (Phi) is 7.36. The molecule has 1 aromatic rings. The predicted molar refractivity (Wildman–Crippen MR) is 111 cm³/mol. The lowest BCUT2D eigenvalue weighted by atomic mass is 9.80. The van der Waals surface area contributed by atoms with Crippen LogP contribution < -0.4 is 5.32 Å². The highest BCUT2D eigenvalue weighted by Crippen LogP contribution is 2.39. The third kappa shape index (κ3) is 4.74. The zero-order chi connectivity index (χ0) is 21.6. The van der Waals surface area contributed by atoms with Crippen LogP contribution in [0.4, 0.5) is 5.69 Å². The van der Waals surface area contributed by atoms with Crippen molar-refractivity contribution in [2.45, 2.75) is 33.6 Å². The lowest BCUT2D eigenvalue weighted by Crippen LogP contribution is -2.32. The van der Waals surface area contributed by atoms with E-state index < -0.39 is 17.9 Å². The molecule has 0 spiro atoms. The quantitative estimate of drug-likeness (QED) is 0.249. The zero-order valence-electron chi connectivity index (χ0n) is 17.2. The normalized spacial score (nSPS) is 15.1. The maximum Gasteiger partial charge on any atom is 0.336 e. The molecule has 0 bridgehead atoms. The lowest BCUT2D eigenvalue weighted by molar-refractivity contribution is -0.354. The molecule has 0 aromatic heterocycles. The van der Waals surface area contributed by atoms with Crippen LogP contribution in [0.25, 0.3) is 0 Å². The van der Waals surface area contributed by atoms with Gasteiger partial charge < -0.3 is 20.0 Å². The molecule has 1 heterocycles. The molecule has 2 rings (SSSR count). The van der Waals surface area contributed by atoms with Crippen LogP contribution in [0, 0.1) is 5.21 Å². The van der Waals surface area contributed by atoms with E-state index in [1.807, 2.05) is 0 Å². The van der Waals surface area contributed by atoms with Crippen molar-refractivity contribution in [3.8, 4) is 0 Å². The van der Waals surface area contributed by atoms with E-state index in [0.29, 0.717) is 38.5 Å². The zero-order valence-corrected chi connectivity index (χ0v) is 17.2. The van der Waals surface area contributed by atoms with Gasteiger partial charge in [0.05, 0.1) is 30.3 Å². The predicted octanol–water partition coefficient (Wildman–Crippen LogP) is 3.45. The second-order valence-electron chi connectivity index (χ2n) is 6.38. The molecule has 0 saturated carbocycles. The van der Waals surface area contributed by atoms with E-state index in [-0.39, 0.29) is 13.2 Å². The summed E-state index contributed by atoms with van der Waals surface area (Å²) in [6.07, 6.45) is 2.69. The van der Waals surface area contributed by atoms with Gasteiger partial charge in [0.25, 0.3) is 0 Å². The van der Waals surface area contributed by atoms with Crippen LogP contribution in [-0.4, -0.2) is 36.1 Å². The molecule has 1 aliphatic rings. The maximum atomic E-state index is 12.7. The van der Waals surface area contributed by atoms with Gasteiger partial charge in [-0.05, 0) is 39.3 Å². The topological polar surface area (TPSA) is 90.7 Å². The second kappa shape index (κ2) is 9.73. The summed E-state index contributed by atoms with van der Waals surface area (Å²) in [5.74, 6) is -1.69. The number of rotatable bonds is 7. The standard InChI is InChI=1S/C22H26N2O5/c1-6-13-24(27)17-11-9-16(10-12-17)20-18(21(25)28-7-2)14(4)23-15(5)19(20)22(26)29-8-3/h6,9-13,20,23H,1,7-8H2,2-5H3/b24-13-. The molecule has 29 heavy (non-hydrogen) atoms. The largest absolute Gasteiger partial charge is 0.618 e. The number of carbonyl (C=O) groups is 2. The van der Waals surface area contributed by atoms with E-state index in [1.165, 1.54) is 12.3 Å². The Morgan fingerprint density at radius 1 is 1.07 bits per heavy atom. The fourth-order valence-corrected chi connectivity index (χ4v) is 3.28. The van der Waals surface area contributed by atoms with Gasteiger partial charge in [0.1, 0.15) is 0 Å². The Balaban J connectivity index is 2.61. The average molecular weight is 398 g/mol. The van der Waals surface area contributed by atoms with Gasteiger partial charge in [0.2, 0.25) is 5.69 Å². The fraction of sp³-hybridized carbons (Fsp3) is 0.318. The van der Waals surface area contributed by atoms with Crippen LogP contribution in [0.15, 0.2) is 59.5 Å². The molecule has 1 aromatic carbocycles. The molecule has 1 aliphatic heterocycles. The van der Waals surface area contributed by atoms with Crippen molar-refractivity contribution in [1.82, 2.24) is 5.32 Å². The van der Waals surface area contributed by atoms with Gasteiger partial charge in [-0.2, -0.15) is 4.74 Å². The first kappa shape index (κ1) is 21.9. The third-order valence-electron chi connectivity index (χ3n) is 4.47. The van der Waals surface area contributed by atoms with Crippen molar-refractivity contribution in [3.05, 3.63) is 70.2 Å². The van der Waals surface area contributed by atoms with E-state index >= 15 is 0 Å². The number of hydrogen-bond acceptors (Lipinski definition) is 6. The Morgan fingerprint density at radius 2 is 1.55 bits per heavy atom. The van der Waals surface area contributed by atoms with Crippen molar-refractivity contribution in [2.75, 3.05) is 13.2 Å². The van der Waals surface area contributed by atoms with Gasteiger partial charge >= 0.3 is 11.9 Å². The summed E-state index contributed by atoms with van der Waals surface area (Å²) in [6, 6.07) is 6.68. The molecule has 0 saturated heterocycles. The number of allylic oxidation sites excluding steroid dienone is 3. The van der Waals surface area contributed by atoms with Gasteiger partial charge in [0.15, 0.2) is 6.21 Å². The Bertz CT molecular complexity index is 854. The fourth-order valence-electron chi connectivity index (χ4n) is 3.28. The highest BCUT2D eigenvalue weighted by molar-refractivity contribution is 5.99. The van der Waals surface area contributed by atoms with Crippen LogP contribution in [0.3, 0.4) is 0 Å². The molecule has 7 heteroatoms. The lowest BCUT2D eigenvalue weighted by Gasteiger charge is -2.30. The summed E-state index contributed by atoms with van der Waals surface area (Å²) in [5, 5.41) is 15.1. The number of benzene rings is 1. The van der Waals surface area contributed by atoms with E-state index in [4.69, 9.17) is 9.47 Å². The number of esters is 2. The Hall–Kier alpha value is -3.35. The van der Waals surface area contributed by atoms with E-state index in [1.54, 1.807) is 52.0 Å². The summed E-state index contributed by atoms with van der Waals surface area (Å²) in [6.45, 7) is 10.9. The number of nitrogens with zero attached hydrogens (tertiary/aromatic N) is 1. The van der Waals surface area contributed by atoms with Gasteiger partial charge in [-0.1, -0.05) is 18.7 Å². The Labute approximate surface area is 170 Å². The molecule has 7 nitrogen and oxygen atoms in total. The minimum Gasteiger partial charge on any atom is -0.618 e.